The third-order valence-corrected chi connectivity index (χ3v) is 14.9. The van der Waals surface area contributed by atoms with E-state index in [1.165, 1.54) is 97.0 Å². The number of imidazole rings is 1. The number of phosphoric ester groups is 3. The van der Waals surface area contributed by atoms with Crippen molar-refractivity contribution in [3.63, 3.8) is 0 Å². The van der Waals surface area contributed by atoms with Crippen molar-refractivity contribution in [2.24, 2.45) is 5.41 Å². The van der Waals surface area contributed by atoms with Gasteiger partial charge in [0.05, 0.1) is 27.4 Å². The lowest BCUT2D eigenvalue weighted by Gasteiger charge is -2.36. The average molecular weight is 1080 g/mol. The van der Waals surface area contributed by atoms with Gasteiger partial charge in [-0.05, 0) is 44.6 Å². The lowest BCUT2D eigenvalue weighted by atomic mass is 9.87. The Balaban J connectivity index is 1.27. The summed E-state index contributed by atoms with van der Waals surface area (Å²) in [5.74, 6) is -1.21. The van der Waals surface area contributed by atoms with E-state index in [0.29, 0.717) is 5.75 Å². The molecule has 1 saturated heterocycles. The summed E-state index contributed by atoms with van der Waals surface area (Å²) in [6.07, 6.45) is 20.0. The Labute approximate surface area is 419 Å². The molecular formula is C43H70N7O17P3S-4. The van der Waals surface area contributed by atoms with Crippen molar-refractivity contribution in [3.05, 3.63) is 37.0 Å². The van der Waals surface area contributed by atoms with Crippen LogP contribution in [0.2, 0.25) is 0 Å². The maximum atomic E-state index is 12.7. The normalized spacial score (nSPS) is 19.8. The molecule has 404 valence electrons. The van der Waals surface area contributed by atoms with E-state index in [1.807, 2.05) is 6.08 Å². The van der Waals surface area contributed by atoms with Crippen LogP contribution in [0, 0.1) is 5.41 Å². The minimum Gasteiger partial charge on any atom is -0.790 e. The van der Waals surface area contributed by atoms with Crippen molar-refractivity contribution >= 4 is 69.1 Å². The van der Waals surface area contributed by atoms with Gasteiger partial charge in [-0.2, -0.15) is 0 Å². The number of phosphoric acid groups is 3. The predicted octanol–water partition coefficient (Wildman–Crippen LogP) is 3.51. The molecule has 1 aliphatic rings. The number of amides is 2. The molecule has 28 heteroatoms. The number of carbonyl (C=O) groups excluding carboxylic acids is 3. The summed E-state index contributed by atoms with van der Waals surface area (Å²) in [5, 5.41) is 26.3. The summed E-state index contributed by atoms with van der Waals surface area (Å²) in [6.45, 7) is 2.36. The lowest BCUT2D eigenvalue weighted by Crippen LogP contribution is -2.46. The molecule has 6 N–H and O–H groups in total. The number of aromatic nitrogens is 4. The molecule has 0 aromatic carbocycles. The number of aliphatic hydroxyl groups is 2. The zero-order valence-electron chi connectivity index (χ0n) is 40.5. The summed E-state index contributed by atoms with van der Waals surface area (Å²) in [4.78, 5) is 96.9. The van der Waals surface area contributed by atoms with Gasteiger partial charge in [-0.25, -0.2) is 19.3 Å². The van der Waals surface area contributed by atoms with Crippen LogP contribution in [0.15, 0.2) is 37.0 Å². The highest BCUT2D eigenvalue weighted by Crippen LogP contribution is 2.56. The number of rotatable bonds is 37. The van der Waals surface area contributed by atoms with Crippen LogP contribution in [0.4, 0.5) is 5.82 Å². The summed E-state index contributed by atoms with van der Waals surface area (Å²) in [6, 6.07) is 0. The summed E-state index contributed by atoms with van der Waals surface area (Å²) in [7, 11) is -17.6. The number of thioether (sulfide) groups is 1. The fourth-order valence-electron chi connectivity index (χ4n) is 7.17. The van der Waals surface area contributed by atoms with E-state index in [2.05, 4.69) is 62.5 Å². The standard InChI is InChI=1S/C43H74N7O17P3S/c1-4-5-6-7-8-9-10-11-12-13-14-15-16-17-18-19-20-21-22-23-34(52)71-27-26-45-33(51)24-25-46-41(55)38(54)43(2,3)29-64-70(61,62)67-69(59,60)63-28-32-37(66-68(56,57)58)36(53)42(65-32)50-31-49-35-39(44)47-30-48-40(35)50/h13-14,22-23,30-32,36-38,42,53-54H,4-12,15-21,24-29H2,1-3H3,(H,45,51)(H,46,55)(H,59,60)(H,61,62)(H2,44,47,48)(H2,56,57,58)/p-4/b14-13-,23-22+/t32-,36-,37-,38+,42-/m1/s1. The van der Waals surface area contributed by atoms with Gasteiger partial charge in [0.15, 0.2) is 17.7 Å². The Morgan fingerprint density at radius 2 is 1.46 bits per heavy atom. The first-order chi connectivity index (χ1) is 33.6. The molecule has 0 aliphatic carbocycles. The minimum absolute atomic E-state index is 0.0198. The van der Waals surface area contributed by atoms with Crippen LogP contribution in [0.5, 0.6) is 0 Å². The van der Waals surface area contributed by atoms with Crippen molar-refractivity contribution in [1.82, 2.24) is 30.2 Å². The molecule has 24 nitrogen and oxygen atoms in total. The van der Waals surface area contributed by atoms with Crippen LogP contribution in [-0.2, 0) is 50.7 Å². The fraction of sp³-hybridized carbons (Fsp3) is 0.721. The second-order valence-corrected chi connectivity index (χ2v) is 22.8. The van der Waals surface area contributed by atoms with Gasteiger partial charge >= 0.3 is 0 Å². The number of nitrogens with zero attached hydrogens (tertiary/aromatic N) is 4. The quantitative estimate of drug-likeness (QED) is 0.0280. The van der Waals surface area contributed by atoms with E-state index < -0.39 is 84.6 Å². The molecule has 1 fully saturated rings. The molecule has 2 unspecified atom stereocenters. The van der Waals surface area contributed by atoms with Crippen molar-refractivity contribution in [2.45, 2.75) is 161 Å². The second-order valence-electron chi connectivity index (χ2n) is 17.6. The van der Waals surface area contributed by atoms with E-state index in [1.54, 1.807) is 0 Å². The highest BCUT2D eigenvalue weighted by Gasteiger charge is 2.47. The maximum absolute atomic E-state index is 12.7. The zero-order chi connectivity index (χ0) is 52.5. The number of aliphatic hydroxyl groups excluding tert-OH is 2. The van der Waals surface area contributed by atoms with Crippen LogP contribution < -0.4 is 35.9 Å². The number of nitrogens with two attached hydrogens (primary N) is 1. The summed E-state index contributed by atoms with van der Waals surface area (Å²) in [5.41, 5.74) is 4.09. The SMILES string of the molecule is CCCCCCCCCC/C=C\CCCCCCC/C=C/C(=O)SCCNC(=O)CCNC(=O)[C@H](O)C(C)(C)COP(=O)([O-])OP(=O)([O-])OC[C@H]1O[C@@H](n2cnc3c(N)ncnc32)[C@H](O)[C@@H]1OP(=O)([O-])[O-]. The van der Waals surface area contributed by atoms with E-state index in [4.69, 9.17) is 10.5 Å². The van der Waals surface area contributed by atoms with Gasteiger partial charge in [-0.15, -0.1) is 0 Å². The van der Waals surface area contributed by atoms with Crippen molar-refractivity contribution in [3.8, 4) is 0 Å². The molecule has 0 bridgehead atoms. The minimum atomic E-state index is -5.92. The second kappa shape index (κ2) is 31.7. The Hall–Kier alpha value is -2.96. The average Bonchev–Trinajstić information content (AvgIpc) is 3.86. The van der Waals surface area contributed by atoms with Crippen LogP contribution in [0.3, 0.4) is 0 Å². The first-order valence-electron chi connectivity index (χ1n) is 23.9. The molecule has 2 aromatic heterocycles. The number of nitrogens with one attached hydrogen (secondary N) is 2. The first kappa shape index (κ1) is 62.3. The molecule has 0 spiro atoms. The number of hydrogen-bond donors (Lipinski definition) is 5. The van der Waals surface area contributed by atoms with Gasteiger partial charge in [-0.1, -0.05) is 115 Å². The number of hydrogen-bond acceptors (Lipinski definition) is 22. The van der Waals surface area contributed by atoms with Crippen molar-refractivity contribution in [2.75, 3.05) is 37.8 Å². The Bertz CT molecular complexity index is 2160. The lowest BCUT2D eigenvalue weighted by molar-refractivity contribution is -0.347. The molecule has 1 aliphatic heterocycles. The number of nitrogen functional groups attached to an aromatic ring is 1. The molecule has 3 heterocycles. The highest BCUT2D eigenvalue weighted by molar-refractivity contribution is 8.14. The van der Waals surface area contributed by atoms with Crippen LogP contribution >= 0.6 is 35.2 Å². The van der Waals surface area contributed by atoms with E-state index >= 15 is 0 Å². The van der Waals surface area contributed by atoms with Crippen molar-refractivity contribution < 1.29 is 80.5 Å². The maximum Gasteiger partial charge on any atom is 0.274 e. The Morgan fingerprint density at radius 3 is 2.08 bits per heavy atom. The van der Waals surface area contributed by atoms with Crippen molar-refractivity contribution in [1.29, 1.82) is 0 Å². The van der Waals surface area contributed by atoms with Crippen LogP contribution in [0.25, 0.3) is 11.2 Å². The molecule has 3 rings (SSSR count). The van der Waals surface area contributed by atoms with Gasteiger partial charge in [0.1, 0.15) is 36.3 Å². The first-order valence-corrected chi connectivity index (χ1v) is 29.2. The number of fused-ring (bicyclic) bond motifs is 1. The van der Waals surface area contributed by atoms with Gasteiger partial charge in [0.2, 0.25) is 16.9 Å². The third-order valence-electron chi connectivity index (χ3n) is 11.1. The zero-order valence-corrected chi connectivity index (χ0v) is 44.0. The fourth-order valence-corrected chi connectivity index (χ4v) is 10.5. The topological polar surface area (TPSA) is 375 Å². The van der Waals surface area contributed by atoms with E-state index in [9.17, 15) is 57.9 Å². The molecule has 0 radical (unpaired) electrons. The van der Waals surface area contributed by atoms with Gasteiger partial charge in [0, 0.05) is 30.7 Å². The summed E-state index contributed by atoms with van der Waals surface area (Å²) >= 11 is 1.06. The third kappa shape index (κ3) is 24.3. The number of unbranched alkanes of at least 4 members (excludes halogenated alkanes) is 14. The summed E-state index contributed by atoms with van der Waals surface area (Å²) < 4.78 is 60.9. The number of carbonyl (C=O) groups is 3. The Kier molecular flexibility index (Phi) is 27.8. The molecular weight excluding hydrogens is 1010 g/mol. The number of allylic oxidation sites excluding steroid dienone is 3. The molecule has 0 saturated carbocycles. The van der Waals surface area contributed by atoms with Gasteiger partial charge < -0.3 is 69.0 Å². The molecule has 2 amide bonds. The smallest absolute Gasteiger partial charge is 0.274 e. The Morgan fingerprint density at radius 1 is 0.873 bits per heavy atom. The monoisotopic (exact) mass is 1080 g/mol. The molecule has 2 aromatic rings. The van der Waals surface area contributed by atoms with E-state index in [-0.39, 0.29) is 41.6 Å². The highest BCUT2D eigenvalue weighted by atomic mass is 32.2. The number of anilines is 1. The largest absolute Gasteiger partial charge is 0.790 e. The van der Waals surface area contributed by atoms with Crippen LogP contribution in [-0.4, -0.2) is 103 Å². The van der Waals surface area contributed by atoms with Gasteiger partial charge in [-0.3, -0.25) is 28.1 Å². The van der Waals surface area contributed by atoms with Gasteiger partial charge in [0.25, 0.3) is 15.6 Å². The predicted molar refractivity (Wildman–Crippen MR) is 256 cm³/mol. The van der Waals surface area contributed by atoms with E-state index in [0.717, 1.165) is 54.7 Å². The van der Waals surface area contributed by atoms with Crippen LogP contribution in [0.1, 0.15) is 136 Å². The molecule has 71 heavy (non-hydrogen) atoms. The number of ether oxygens (including phenoxy) is 1. The molecule has 7 atom stereocenters.